The van der Waals surface area contributed by atoms with E-state index in [-0.39, 0.29) is 0 Å². The largest absolute Gasteiger partial charge is 0.255 e. The van der Waals surface area contributed by atoms with Crippen molar-refractivity contribution in [1.82, 2.24) is 4.98 Å². The maximum atomic E-state index is 4.68. The molecule has 2 heterocycles. The zero-order valence-electron chi connectivity index (χ0n) is 15.8. The first-order chi connectivity index (χ1) is 12.0. The van der Waals surface area contributed by atoms with Gasteiger partial charge in [0.05, 0.1) is 10.6 Å². The van der Waals surface area contributed by atoms with Crippen molar-refractivity contribution in [1.29, 1.82) is 0 Å². The van der Waals surface area contributed by atoms with Crippen LogP contribution in [0.3, 0.4) is 0 Å². The number of hydrogen-bond acceptors (Lipinski definition) is 2. The SMILES string of the molecule is CC1(Cc2ccnc(-c3ccc(CC4(C)CCCC4)s3)c2)CCCC1. The molecule has 25 heavy (non-hydrogen) atoms. The molecule has 134 valence electrons. The summed E-state index contributed by atoms with van der Waals surface area (Å²) in [5.41, 5.74) is 3.68. The molecule has 4 rings (SSSR count). The second kappa shape index (κ2) is 6.87. The van der Waals surface area contributed by atoms with Crippen molar-refractivity contribution in [3.8, 4) is 10.6 Å². The van der Waals surface area contributed by atoms with Gasteiger partial charge in [-0.15, -0.1) is 11.3 Å². The lowest BCUT2D eigenvalue weighted by Gasteiger charge is -2.23. The lowest BCUT2D eigenvalue weighted by atomic mass is 9.82. The Kier molecular flexibility index (Phi) is 4.75. The first kappa shape index (κ1) is 17.3. The van der Waals surface area contributed by atoms with E-state index in [0.29, 0.717) is 10.8 Å². The van der Waals surface area contributed by atoms with Crippen molar-refractivity contribution in [3.05, 3.63) is 40.9 Å². The van der Waals surface area contributed by atoms with Gasteiger partial charge in [0.2, 0.25) is 0 Å². The molecule has 0 atom stereocenters. The van der Waals surface area contributed by atoms with Crippen molar-refractivity contribution in [3.63, 3.8) is 0 Å². The van der Waals surface area contributed by atoms with Gasteiger partial charge in [-0.1, -0.05) is 39.5 Å². The molecule has 2 aliphatic carbocycles. The molecule has 0 N–H and O–H groups in total. The Morgan fingerprint density at radius 3 is 2.20 bits per heavy atom. The van der Waals surface area contributed by atoms with E-state index in [2.05, 4.69) is 43.1 Å². The highest BCUT2D eigenvalue weighted by Crippen LogP contribution is 2.43. The highest BCUT2D eigenvalue weighted by atomic mass is 32.1. The van der Waals surface area contributed by atoms with Crippen LogP contribution < -0.4 is 0 Å². The standard InChI is InChI=1S/C23H31NS/c1-22(10-3-4-11-22)16-18-9-14-24-20(15-18)21-8-7-19(25-21)17-23(2)12-5-6-13-23/h7-9,14-15H,3-6,10-13,16-17H2,1-2H3. The topological polar surface area (TPSA) is 12.9 Å². The fourth-order valence-corrected chi connectivity index (χ4v) is 6.25. The number of nitrogens with zero attached hydrogens (tertiary/aromatic N) is 1. The molecule has 2 saturated carbocycles. The van der Waals surface area contributed by atoms with E-state index in [4.69, 9.17) is 0 Å². The van der Waals surface area contributed by atoms with Gasteiger partial charge in [0.1, 0.15) is 0 Å². The summed E-state index contributed by atoms with van der Waals surface area (Å²) in [7, 11) is 0. The van der Waals surface area contributed by atoms with Gasteiger partial charge in [-0.05, 0) is 79.2 Å². The summed E-state index contributed by atoms with van der Waals surface area (Å²) in [6, 6.07) is 9.20. The zero-order valence-corrected chi connectivity index (χ0v) is 16.6. The fraction of sp³-hybridized carbons (Fsp3) is 0.609. The Labute approximate surface area is 156 Å². The molecule has 0 amide bonds. The molecule has 2 aromatic heterocycles. The van der Waals surface area contributed by atoms with Gasteiger partial charge in [0, 0.05) is 11.1 Å². The molecule has 0 aromatic carbocycles. The van der Waals surface area contributed by atoms with Crippen LogP contribution in [0.2, 0.25) is 0 Å². The predicted octanol–water partition coefficient (Wildman–Crippen LogP) is 7.06. The molecule has 2 aliphatic rings. The van der Waals surface area contributed by atoms with Crippen LogP contribution in [-0.4, -0.2) is 4.98 Å². The molecule has 2 aromatic rings. The Morgan fingerprint density at radius 2 is 1.52 bits per heavy atom. The van der Waals surface area contributed by atoms with Gasteiger partial charge in [-0.25, -0.2) is 0 Å². The molecule has 1 nitrogen and oxygen atoms in total. The summed E-state index contributed by atoms with van der Waals surface area (Å²) in [5.74, 6) is 0. The Balaban J connectivity index is 1.49. The number of pyridine rings is 1. The van der Waals surface area contributed by atoms with Crippen LogP contribution in [0, 0.1) is 10.8 Å². The monoisotopic (exact) mass is 353 g/mol. The van der Waals surface area contributed by atoms with Crippen molar-refractivity contribution in [2.45, 2.75) is 78.1 Å². The second-order valence-electron chi connectivity index (χ2n) is 9.20. The van der Waals surface area contributed by atoms with E-state index >= 15 is 0 Å². The molecule has 0 radical (unpaired) electrons. The van der Waals surface area contributed by atoms with Gasteiger partial charge in [-0.2, -0.15) is 0 Å². The smallest absolute Gasteiger partial charge is 0.0804 e. The van der Waals surface area contributed by atoms with Crippen molar-refractivity contribution in [2.24, 2.45) is 10.8 Å². The molecule has 0 saturated heterocycles. The van der Waals surface area contributed by atoms with Crippen LogP contribution in [0.15, 0.2) is 30.5 Å². The van der Waals surface area contributed by atoms with E-state index in [1.165, 1.54) is 85.2 Å². The van der Waals surface area contributed by atoms with Gasteiger partial charge in [0.25, 0.3) is 0 Å². The van der Waals surface area contributed by atoms with Crippen LogP contribution in [0.5, 0.6) is 0 Å². The van der Waals surface area contributed by atoms with Crippen LogP contribution in [0.4, 0.5) is 0 Å². The number of thiophene rings is 1. The lowest BCUT2D eigenvalue weighted by molar-refractivity contribution is 0.334. The zero-order chi connectivity index (χ0) is 17.3. The summed E-state index contributed by atoms with van der Waals surface area (Å²) in [4.78, 5) is 7.56. The van der Waals surface area contributed by atoms with E-state index in [9.17, 15) is 0 Å². The molecule has 0 unspecified atom stereocenters. The average molecular weight is 354 g/mol. The van der Waals surface area contributed by atoms with E-state index in [1.807, 2.05) is 17.5 Å². The maximum absolute atomic E-state index is 4.68. The highest BCUT2D eigenvalue weighted by molar-refractivity contribution is 7.15. The maximum Gasteiger partial charge on any atom is 0.0804 e. The number of rotatable bonds is 5. The quantitative estimate of drug-likeness (QED) is 0.561. The molecule has 0 aliphatic heterocycles. The van der Waals surface area contributed by atoms with Crippen LogP contribution in [-0.2, 0) is 12.8 Å². The molecular weight excluding hydrogens is 322 g/mol. The van der Waals surface area contributed by atoms with Gasteiger partial charge < -0.3 is 0 Å². The minimum atomic E-state index is 0.510. The third-order valence-electron chi connectivity index (χ3n) is 6.59. The normalized spacial score (nSPS) is 21.7. The van der Waals surface area contributed by atoms with Crippen LogP contribution in [0.25, 0.3) is 10.6 Å². The minimum Gasteiger partial charge on any atom is -0.255 e. The van der Waals surface area contributed by atoms with Gasteiger partial charge >= 0.3 is 0 Å². The lowest BCUT2D eigenvalue weighted by Crippen LogP contribution is -2.14. The van der Waals surface area contributed by atoms with Gasteiger partial charge in [0.15, 0.2) is 0 Å². The average Bonchev–Trinajstić information content (AvgIpc) is 3.30. The number of aromatic nitrogens is 1. The molecule has 2 heteroatoms. The van der Waals surface area contributed by atoms with Crippen molar-refractivity contribution in [2.75, 3.05) is 0 Å². The second-order valence-corrected chi connectivity index (χ2v) is 10.4. The molecule has 2 fully saturated rings. The molecular formula is C23H31NS. The van der Waals surface area contributed by atoms with Crippen molar-refractivity contribution < 1.29 is 0 Å². The Bertz CT molecular complexity index is 717. The first-order valence-electron chi connectivity index (χ1n) is 10.1. The summed E-state index contributed by atoms with van der Waals surface area (Å²) in [5, 5.41) is 0. The molecule has 0 spiro atoms. The molecule has 0 bridgehead atoms. The summed E-state index contributed by atoms with van der Waals surface area (Å²) >= 11 is 1.96. The third kappa shape index (κ3) is 4.00. The van der Waals surface area contributed by atoms with Crippen LogP contribution >= 0.6 is 11.3 Å². The third-order valence-corrected chi connectivity index (χ3v) is 7.70. The van der Waals surface area contributed by atoms with Crippen molar-refractivity contribution >= 4 is 11.3 Å². The van der Waals surface area contributed by atoms with E-state index < -0.39 is 0 Å². The Hall–Kier alpha value is -1.15. The Morgan fingerprint density at radius 1 is 0.880 bits per heavy atom. The van der Waals surface area contributed by atoms with Crippen LogP contribution in [0.1, 0.15) is 75.7 Å². The highest BCUT2D eigenvalue weighted by Gasteiger charge is 2.30. The fourth-order valence-electron chi connectivity index (χ4n) is 5.05. The first-order valence-corrected chi connectivity index (χ1v) is 10.9. The summed E-state index contributed by atoms with van der Waals surface area (Å²) < 4.78 is 0. The van der Waals surface area contributed by atoms with Gasteiger partial charge in [-0.3, -0.25) is 4.98 Å². The number of hydrogen-bond donors (Lipinski definition) is 0. The minimum absolute atomic E-state index is 0.510. The van der Waals surface area contributed by atoms with E-state index in [0.717, 1.165) is 0 Å². The predicted molar refractivity (Wildman–Crippen MR) is 108 cm³/mol. The summed E-state index contributed by atoms with van der Waals surface area (Å²) in [6.07, 6.45) is 15.7. The van der Waals surface area contributed by atoms with E-state index in [1.54, 1.807) is 0 Å². The summed E-state index contributed by atoms with van der Waals surface area (Å²) in [6.45, 7) is 4.94.